The van der Waals surface area contributed by atoms with Gasteiger partial charge in [0.2, 0.25) is 0 Å². The van der Waals surface area contributed by atoms with E-state index in [2.05, 4.69) is 4.90 Å². The Labute approximate surface area is 239 Å². The van der Waals surface area contributed by atoms with Gasteiger partial charge in [-0.1, -0.05) is 65.4 Å². The number of thiazole rings is 1. The molecule has 204 valence electrons. The molecule has 2 aliphatic rings. The van der Waals surface area contributed by atoms with E-state index in [9.17, 15) is 9.59 Å². The van der Waals surface area contributed by atoms with Crippen molar-refractivity contribution < 1.29 is 18.7 Å². The lowest BCUT2D eigenvalue weighted by Crippen LogP contribution is -2.40. The van der Waals surface area contributed by atoms with Crippen LogP contribution in [0.3, 0.4) is 0 Å². The van der Waals surface area contributed by atoms with Crippen molar-refractivity contribution in [1.82, 2.24) is 4.57 Å². The molecule has 2 aromatic carbocycles. The van der Waals surface area contributed by atoms with Gasteiger partial charge in [0.1, 0.15) is 5.76 Å². The fourth-order valence-corrected chi connectivity index (χ4v) is 6.01. The summed E-state index contributed by atoms with van der Waals surface area (Å²) in [4.78, 5) is 34.9. The van der Waals surface area contributed by atoms with E-state index >= 15 is 0 Å². The highest BCUT2D eigenvalue weighted by Crippen LogP contribution is 2.35. The number of benzene rings is 2. The number of carbonyl (C=O) groups is 1. The van der Waals surface area contributed by atoms with E-state index in [1.807, 2.05) is 54.6 Å². The first-order valence-corrected chi connectivity index (χ1v) is 14.2. The summed E-state index contributed by atoms with van der Waals surface area (Å²) in [6.07, 6.45) is 1.73. The largest absolute Gasteiger partial charge is 0.463 e. The number of morpholine rings is 1. The number of halogens is 1. The maximum Gasteiger partial charge on any atom is 0.338 e. The number of carbonyl (C=O) groups excluding carboxylic acids is 1. The van der Waals surface area contributed by atoms with Crippen molar-refractivity contribution in [2.45, 2.75) is 13.0 Å². The maximum atomic E-state index is 14.0. The predicted molar refractivity (Wildman–Crippen MR) is 154 cm³/mol. The Hall–Kier alpha value is -3.92. The number of nitrogens with zero attached hydrogens (tertiary/aromatic N) is 3. The number of furan rings is 1. The Morgan fingerprint density at radius 3 is 2.58 bits per heavy atom. The Kier molecular flexibility index (Phi) is 7.42. The summed E-state index contributed by atoms with van der Waals surface area (Å²) in [6.45, 7) is 4.72. The molecule has 1 fully saturated rings. The number of hydrogen-bond donors (Lipinski definition) is 0. The molecule has 8 nitrogen and oxygen atoms in total. The van der Waals surface area contributed by atoms with Gasteiger partial charge in [-0.3, -0.25) is 9.36 Å². The molecule has 4 heterocycles. The van der Waals surface area contributed by atoms with Crippen LogP contribution in [0, 0.1) is 0 Å². The SMILES string of the molecule is CCOC(=O)C1=C(c2ccccc2)N=c2s/c(=C\c3ccc(N4CCOCC4)o3)c(=O)n2C1c1ccc(Cl)cc1. The van der Waals surface area contributed by atoms with Crippen molar-refractivity contribution in [2.24, 2.45) is 4.99 Å². The third-order valence-electron chi connectivity index (χ3n) is 6.77. The Bertz CT molecular complexity index is 1750. The van der Waals surface area contributed by atoms with E-state index in [1.165, 1.54) is 11.3 Å². The Morgan fingerprint density at radius 1 is 1.10 bits per heavy atom. The molecule has 0 N–H and O–H groups in total. The van der Waals surface area contributed by atoms with Gasteiger partial charge in [0, 0.05) is 35.8 Å². The van der Waals surface area contributed by atoms with Crippen molar-refractivity contribution >= 4 is 46.6 Å². The van der Waals surface area contributed by atoms with Gasteiger partial charge in [-0.2, -0.15) is 0 Å². The van der Waals surface area contributed by atoms with Crippen LogP contribution < -0.4 is 19.8 Å². The summed E-state index contributed by atoms with van der Waals surface area (Å²) in [5.41, 5.74) is 1.96. The van der Waals surface area contributed by atoms with Gasteiger partial charge in [-0.25, -0.2) is 9.79 Å². The summed E-state index contributed by atoms with van der Waals surface area (Å²) >= 11 is 7.44. The molecule has 4 aromatic rings. The molecule has 0 radical (unpaired) electrons. The number of hydrogen-bond acceptors (Lipinski definition) is 8. The van der Waals surface area contributed by atoms with Crippen molar-refractivity contribution in [3.63, 3.8) is 0 Å². The summed E-state index contributed by atoms with van der Waals surface area (Å²) < 4.78 is 19.0. The zero-order valence-electron chi connectivity index (χ0n) is 21.7. The van der Waals surface area contributed by atoms with Crippen LogP contribution in [0.15, 0.2) is 86.5 Å². The highest BCUT2D eigenvalue weighted by molar-refractivity contribution is 7.07. The third kappa shape index (κ3) is 5.03. The molecule has 40 heavy (non-hydrogen) atoms. The Morgan fingerprint density at radius 2 is 1.85 bits per heavy atom. The van der Waals surface area contributed by atoms with Crippen LogP contribution in [-0.4, -0.2) is 43.4 Å². The van der Waals surface area contributed by atoms with Gasteiger partial charge in [-0.15, -0.1) is 0 Å². The van der Waals surface area contributed by atoms with Gasteiger partial charge in [0.05, 0.1) is 41.7 Å². The molecule has 6 rings (SSSR count). The second-order valence-electron chi connectivity index (χ2n) is 9.26. The lowest BCUT2D eigenvalue weighted by molar-refractivity contribution is -0.138. The first-order chi connectivity index (χ1) is 19.5. The number of anilines is 1. The van der Waals surface area contributed by atoms with Crippen LogP contribution in [-0.2, 0) is 14.3 Å². The number of ether oxygens (including phenoxy) is 2. The molecule has 0 bridgehead atoms. The number of fused-ring (bicyclic) bond motifs is 1. The number of esters is 1. The molecular formula is C30H26ClN3O5S. The van der Waals surface area contributed by atoms with Crippen molar-refractivity contribution in [2.75, 3.05) is 37.8 Å². The van der Waals surface area contributed by atoms with Crippen molar-refractivity contribution in [3.05, 3.63) is 114 Å². The molecule has 10 heteroatoms. The van der Waals surface area contributed by atoms with Crippen LogP contribution in [0.5, 0.6) is 0 Å². The second kappa shape index (κ2) is 11.3. The molecule has 0 spiro atoms. The van der Waals surface area contributed by atoms with Gasteiger partial charge >= 0.3 is 5.97 Å². The van der Waals surface area contributed by atoms with E-state index < -0.39 is 12.0 Å². The van der Waals surface area contributed by atoms with E-state index in [-0.39, 0.29) is 12.2 Å². The van der Waals surface area contributed by atoms with Crippen LogP contribution in [0.2, 0.25) is 5.02 Å². The minimum absolute atomic E-state index is 0.187. The summed E-state index contributed by atoms with van der Waals surface area (Å²) in [6, 6.07) is 19.6. The Balaban J connectivity index is 1.54. The summed E-state index contributed by atoms with van der Waals surface area (Å²) in [5, 5.41) is 0.551. The molecule has 2 aliphatic heterocycles. The first-order valence-electron chi connectivity index (χ1n) is 13.0. The number of aromatic nitrogens is 1. The maximum absolute atomic E-state index is 14.0. The van der Waals surface area contributed by atoms with Crippen LogP contribution in [0.1, 0.15) is 29.9 Å². The van der Waals surface area contributed by atoms with E-state index in [0.29, 0.717) is 44.6 Å². The first kappa shape index (κ1) is 26.3. The third-order valence-corrected chi connectivity index (χ3v) is 8.00. The monoisotopic (exact) mass is 575 g/mol. The van der Waals surface area contributed by atoms with Gasteiger partial charge in [-0.05, 0) is 30.7 Å². The highest BCUT2D eigenvalue weighted by Gasteiger charge is 2.35. The van der Waals surface area contributed by atoms with Crippen molar-refractivity contribution in [3.8, 4) is 0 Å². The van der Waals surface area contributed by atoms with Gasteiger partial charge in [0.15, 0.2) is 10.7 Å². The van der Waals surface area contributed by atoms with Crippen molar-refractivity contribution in [1.29, 1.82) is 0 Å². The normalized spacial score (nSPS) is 17.5. The average Bonchev–Trinajstić information content (AvgIpc) is 3.58. The fourth-order valence-electron chi connectivity index (χ4n) is 4.90. The predicted octanol–water partition coefficient (Wildman–Crippen LogP) is 4.02. The van der Waals surface area contributed by atoms with Crippen LogP contribution in [0.25, 0.3) is 11.8 Å². The zero-order valence-corrected chi connectivity index (χ0v) is 23.3. The van der Waals surface area contributed by atoms with Gasteiger partial charge in [0.25, 0.3) is 5.56 Å². The molecule has 0 aliphatic carbocycles. The minimum Gasteiger partial charge on any atom is -0.463 e. The summed E-state index contributed by atoms with van der Waals surface area (Å²) in [7, 11) is 0. The number of rotatable bonds is 6. The molecule has 1 unspecified atom stereocenters. The second-order valence-corrected chi connectivity index (χ2v) is 10.7. The molecule has 0 saturated carbocycles. The van der Waals surface area contributed by atoms with E-state index in [4.69, 9.17) is 30.5 Å². The smallest absolute Gasteiger partial charge is 0.338 e. The summed E-state index contributed by atoms with van der Waals surface area (Å²) in [5.74, 6) is 0.764. The van der Waals surface area contributed by atoms with Crippen LogP contribution >= 0.6 is 22.9 Å². The van der Waals surface area contributed by atoms with Gasteiger partial charge < -0.3 is 18.8 Å². The molecule has 2 aromatic heterocycles. The average molecular weight is 576 g/mol. The lowest BCUT2D eigenvalue weighted by atomic mass is 9.93. The van der Waals surface area contributed by atoms with E-state index in [0.717, 1.165) is 30.1 Å². The molecule has 0 amide bonds. The lowest BCUT2D eigenvalue weighted by Gasteiger charge is -2.26. The topological polar surface area (TPSA) is 86.3 Å². The standard InChI is InChI=1S/C30H26ClN3O5S/c1-2-38-29(36)25-26(19-6-4-3-5-7-19)32-30-34(27(25)20-8-10-21(31)11-9-20)28(35)23(40-30)18-22-12-13-24(39-22)33-14-16-37-17-15-33/h3-13,18,27H,2,14-17H2,1H3/b23-18-. The zero-order chi connectivity index (χ0) is 27.6. The molecule has 1 atom stereocenters. The van der Waals surface area contributed by atoms with Crippen LogP contribution in [0.4, 0.5) is 5.88 Å². The molecule has 1 saturated heterocycles. The molecular weight excluding hydrogens is 550 g/mol. The minimum atomic E-state index is -0.759. The fraction of sp³-hybridized carbons (Fsp3) is 0.233. The van der Waals surface area contributed by atoms with E-state index in [1.54, 1.807) is 29.7 Å². The quantitative estimate of drug-likeness (QED) is 0.323. The highest BCUT2D eigenvalue weighted by atomic mass is 35.5.